The largest absolute Gasteiger partial charge is 0.448 e. The molecule has 0 saturated carbocycles. The van der Waals surface area contributed by atoms with Crippen molar-refractivity contribution < 1.29 is 13.2 Å². The highest BCUT2D eigenvalue weighted by atomic mass is 32.2. The van der Waals surface area contributed by atoms with E-state index >= 15 is 0 Å². The van der Waals surface area contributed by atoms with Crippen molar-refractivity contribution in [2.45, 2.75) is 16.8 Å². The molecule has 1 aromatic rings. The minimum absolute atomic E-state index is 0.0602. The van der Waals surface area contributed by atoms with Gasteiger partial charge in [0.1, 0.15) is 5.01 Å². The number of aryl methyl sites for hydroxylation is 1. The molecule has 0 aromatic carbocycles. The average molecular weight is 200 g/mol. The SMILES string of the molecule is Cc1nnc(SC(F)(F)F)s1. The molecule has 0 saturated heterocycles. The highest BCUT2D eigenvalue weighted by Gasteiger charge is 2.31. The number of hydrogen-bond donors (Lipinski definition) is 0. The summed E-state index contributed by atoms with van der Waals surface area (Å²) in [6.45, 7) is 1.61. The van der Waals surface area contributed by atoms with E-state index in [2.05, 4.69) is 10.2 Å². The van der Waals surface area contributed by atoms with Gasteiger partial charge in [0.25, 0.3) is 0 Å². The first kappa shape index (κ1) is 8.79. The van der Waals surface area contributed by atoms with Gasteiger partial charge in [0.05, 0.1) is 0 Å². The van der Waals surface area contributed by atoms with Crippen molar-refractivity contribution in [3.8, 4) is 0 Å². The third-order valence-corrected chi connectivity index (χ3v) is 2.33. The van der Waals surface area contributed by atoms with Gasteiger partial charge in [-0.2, -0.15) is 13.2 Å². The van der Waals surface area contributed by atoms with Crippen molar-refractivity contribution in [1.82, 2.24) is 10.2 Å². The maximum atomic E-state index is 11.7. The Hall–Kier alpha value is -0.300. The normalized spacial score (nSPS) is 12.0. The lowest BCUT2D eigenvalue weighted by atomic mass is 10.9. The molecule has 7 heteroatoms. The zero-order valence-electron chi connectivity index (χ0n) is 5.34. The summed E-state index contributed by atoms with van der Waals surface area (Å²) in [5, 5.41) is 7.30. The van der Waals surface area contributed by atoms with E-state index in [0.717, 1.165) is 11.3 Å². The summed E-state index contributed by atoms with van der Waals surface area (Å²) < 4.78 is 34.9. The van der Waals surface area contributed by atoms with Gasteiger partial charge in [0.15, 0.2) is 4.34 Å². The molecule has 1 aromatic heterocycles. The summed E-state index contributed by atoms with van der Waals surface area (Å²) in [5.41, 5.74) is -4.26. The lowest BCUT2D eigenvalue weighted by Crippen LogP contribution is -1.98. The maximum absolute atomic E-state index is 11.7. The zero-order chi connectivity index (χ0) is 8.48. The van der Waals surface area contributed by atoms with Gasteiger partial charge in [-0.3, -0.25) is 0 Å². The van der Waals surface area contributed by atoms with Crippen LogP contribution in [0.15, 0.2) is 4.34 Å². The molecule has 1 rings (SSSR count). The van der Waals surface area contributed by atoms with E-state index in [1.807, 2.05) is 0 Å². The van der Waals surface area contributed by atoms with Gasteiger partial charge in [-0.15, -0.1) is 10.2 Å². The first-order valence-electron chi connectivity index (χ1n) is 2.53. The molecule has 0 spiro atoms. The van der Waals surface area contributed by atoms with Crippen molar-refractivity contribution in [2.75, 3.05) is 0 Å². The Kier molecular flexibility index (Phi) is 2.38. The molecule has 0 aliphatic rings. The quantitative estimate of drug-likeness (QED) is 0.651. The number of hydrogen-bond acceptors (Lipinski definition) is 4. The monoisotopic (exact) mass is 200 g/mol. The fraction of sp³-hybridized carbons (Fsp3) is 0.500. The highest BCUT2D eigenvalue weighted by Crippen LogP contribution is 2.37. The molecule has 0 radical (unpaired) electrons. The summed E-state index contributed by atoms with van der Waals surface area (Å²) in [4.78, 5) is 0. The van der Waals surface area contributed by atoms with Crippen LogP contribution in [0, 0.1) is 6.92 Å². The number of aromatic nitrogens is 2. The predicted octanol–water partition coefficient (Wildman–Crippen LogP) is 2.46. The fourth-order valence-corrected chi connectivity index (χ4v) is 1.93. The van der Waals surface area contributed by atoms with E-state index in [-0.39, 0.29) is 16.1 Å². The topological polar surface area (TPSA) is 25.8 Å². The van der Waals surface area contributed by atoms with E-state index in [1.54, 1.807) is 6.92 Å². The third kappa shape index (κ3) is 3.06. The van der Waals surface area contributed by atoms with Gasteiger partial charge in [-0.05, 0) is 6.92 Å². The van der Waals surface area contributed by atoms with Crippen LogP contribution in [0.4, 0.5) is 13.2 Å². The Bertz CT molecular complexity index is 244. The van der Waals surface area contributed by atoms with Crippen LogP contribution in [0.3, 0.4) is 0 Å². The molecular weight excluding hydrogens is 197 g/mol. The van der Waals surface area contributed by atoms with Crippen LogP contribution in [-0.2, 0) is 0 Å². The Morgan fingerprint density at radius 3 is 2.36 bits per heavy atom. The van der Waals surface area contributed by atoms with Gasteiger partial charge in [-0.1, -0.05) is 11.3 Å². The molecule has 0 unspecified atom stereocenters. The summed E-state index contributed by atoms with van der Waals surface area (Å²) in [5.74, 6) is 0. The van der Waals surface area contributed by atoms with Crippen molar-refractivity contribution in [1.29, 1.82) is 0 Å². The van der Waals surface area contributed by atoms with E-state index < -0.39 is 5.51 Å². The predicted molar refractivity (Wildman–Crippen MR) is 36.6 cm³/mol. The lowest BCUT2D eigenvalue weighted by molar-refractivity contribution is -0.0328. The van der Waals surface area contributed by atoms with E-state index in [1.165, 1.54) is 0 Å². The highest BCUT2D eigenvalue weighted by molar-refractivity contribution is 8.01. The van der Waals surface area contributed by atoms with Crippen molar-refractivity contribution in [2.24, 2.45) is 0 Å². The summed E-state index contributed by atoms with van der Waals surface area (Å²) in [7, 11) is 0. The standard InChI is InChI=1S/C4H3F3N2S2/c1-2-8-9-3(10-2)11-4(5,6)7/h1H3. The second-order valence-electron chi connectivity index (χ2n) is 1.63. The lowest BCUT2D eigenvalue weighted by Gasteiger charge is -1.99. The Balaban J connectivity index is 2.65. The minimum atomic E-state index is -4.26. The second-order valence-corrected chi connectivity index (χ2v) is 4.13. The summed E-state index contributed by atoms with van der Waals surface area (Å²) in [6.07, 6.45) is 0. The van der Waals surface area contributed by atoms with Crippen molar-refractivity contribution >= 4 is 23.1 Å². The zero-order valence-corrected chi connectivity index (χ0v) is 6.98. The summed E-state index contributed by atoms with van der Waals surface area (Å²) >= 11 is 0.702. The molecule has 0 N–H and O–H groups in total. The van der Waals surface area contributed by atoms with Gasteiger partial charge < -0.3 is 0 Å². The molecule has 1 heterocycles. The fourth-order valence-electron chi connectivity index (χ4n) is 0.419. The van der Waals surface area contributed by atoms with Crippen LogP contribution in [-0.4, -0.2) is 15.7 Å². The molecule has 0 aliphatic heterocycles. The average Bonchev–Trinajstić information content (AvgIpc) is 2.10. The molecular formula is C4H3F3N2S2. The first-order valence-corrected chi connectivity index (χ1v) is 4.16. The number of thioether (sulfide) groups is 1. The van der Waals surface area contributed by atoms with Crippen molar-refractivity contribution in [3.05, 3.63) is 5.01 Å². The number of nitrogens with zero attached hydrogens (tertiary/aromatic N) is 2. The molecule has 0 fully saturated rings. The van der Waals surface area contributed by atoms with E-state index in [9.17, 15) is 13.2 Å². The van der Waals surface area contributed by atoms with E-state index in [4.69, 9.17) is 0 Å². The van der Waals surface area contributed by atoms with Crippen LogP contribution in [0.25, 0.3) is 0 Å². The molecule has 0 amide bonds. The Morgan fingerprint density at radius 1 is 1.36 bits per heavy atom. The molecule has 0 aliphatic carbocycles. The molecule has 2 nitrogen and oxygen atoms in total. The van der Waals surface area contributed by atoms with Crippen LogP contribution in [0.2, 0.25) is 0 Å². The molecule has 62 valence electrons. The van der Waals surface area contributed by atoms with Crippen LogP contribution >= 0.6 is 23.1 Å². The number of rotatable bonds is 1. The molecule has 0 atom stereocenters. The first-order chi connectivity index (χ1) is 4.97. The minimum Gasteiger partial charge on any atom is -0.160 e. The maximum Gasteiger partial charge on any atom is 0.448 e. The second kappa shape index (κ2) is 2.98. The van der Waals surface area contributed by atoms with Gasteiger partial charge in [0, 0.05) is 11.8 Å². The molecule has 0 bridgehead atoms. The Morgan fingerprint density at radius 2 is 2.00 bits per heavy atom. The number of alkyl halides is 3. The number of halogens is 3. The van der Waals surface area contributed by atoms with Gasteiger partial charge >= 0.3 is 5.51 Å². The molecule has 11 heavy (non-hydrogen) atoms. The van der Waals surface area contributed by atoms with Gasteiger partial charge in [0.2, 0.25) is 0 Å². The van der Waals surface area contributed by atoms with Crippen molar-refractivity contribution in [3.63, 3.8) is 0 Å². The Labute approximate surface area is 68.8 Å². The van der Waals surface area contributed by atoms with Crippen LogP contribution < -0.4 is 0 Å². The smallest absolute Gasteiger partial charge is 0.160 e. The van der Waals surface area contributed by atoms with Gasteiger partial charge in [-0.25, -0.2) is 0 Å². The van der Waals surface area contributed by atoms with Crippen LogP contribution in [0.1, 0.15) is 5.01 Å². The van der Waals surface area contributed by atoms with Crippen LogP contribution in [0.5, 0.6) is 0 Å². The third-order valence-electron chi connectivity index (χ3n) is 0.711. The van der Waals surface area contributed by atoms with E-state index in [0.29, 0.717) is 5.01 Å². The summed E-state index contributed by atoms with van der Waals surface area (Å²) in [6, 6.07) is 0.